The van der Waals surface area contributed by atoms with E-state index in [1.54, 1.807) is 6.92 Å². The topological polar surface area (TPSA) is 61.8 Å². The molecule has 0 aromatic rings. The minimum absolute atomic E-state index is 0.0948. The average molecular weight is 272 g/mol. The number of ether oxygens (including phenoxy) is 3. The van der Waals surface area contributed by atoms with Crippen molar-refractivity contribution >= 4 is 11.9 Å². The van der Waals surface area contributed by atoms with E-state index in [-0.39, 0.29) is 18.0 Å². The molecule has 0 N–H and O–H groups in total. The first-order chi connectivity index (χ1) is 9.22. The maximum absolute atomic E-state index is 11.4. The smallest absolute Gasteiger partial charge is 0.305 e. The van der Waals surface area contributed by atoms with Gasteiger partial charge in [0.05, 0.1) is 12.7 Å². The second kappa shape index (κ2) is 9.78. The van der Waals surface area contributed by atoms with Gasteiger partial charge < -0.3 is 14.2 Å². The molecule has 0 aromatic carbocycles. The third kappa shape index (κ3) is 7.82. The van der Waals surface area contributed by atoms with Gasteiger partial charge in [-0.3, -0.25) is 9.59 Å². The molecule has 5 heteroatoms. The minimum atomic E-state index is -0.170. The van der Waals surface area contributed by atoms with Gasteiger partial charge in [-0.05, 0) is 32.1 Å². The summed E-state index contributed by atoms with van der Waals surface area (Å²) >= 11 is 0. The summed E-state index contributed by atoms with van der Waals surface area (Å²) in [7, 11) is 0. The van der Waals surface area contributed by atoms with Crippen LogP contribution >= 0.6 is 0 Å². The molecular formula is C14H24O5. The van der Waals surface area contributed by atoms with Crippen LogP contribution < -0.4 is 0 Å². The maximum atomic E-state index is 11.4. The number of rotatable bonds is 9. The zero-order chi connectivity index (χ0) is 13.9. The van der Waals surface area contributed by atoms with Gasteiger partial charge in [0, 0.05) is 19.4 Å². The quantitative estimate of drug-likeness (QED) is 0.476. The van der Waals surface area contributed by atoms with E-state index < -0.39 is 0 Å². The van der Waals surface area contributed by atoms with Gasteiger partial charge in [-0.2, -0.15) is 0 Å². The van der Waals surface area contributed by atoms with E-state index in [2.05, 4.69) is 0 Å². The Kier molecular flexibility index (Phi) is 8.21. The fourth-order valence-corrected chi connectivity index (χ4v) is 1.87. The molecule has 1 aliphatic rings. The zero-order valence-corrected chi connectivity index (χ0v) is 11.7. The van der Waals surface area contributed by atoms with Crippen LogP contribution in [0.2, 0.25) is 0 Å². The normalized spacial score (nSPS) is 18.3. The molecule has 0 amide bonds. The molecule has 0 saturated carbocycles. The number of carbonyl (C=O) groups excluding carboxylic acids is 2. The zero-order valence-electron chi connectivity index (χ0n) is 11.7. The van der Waals surface area contributed by atoms with E-state index in [9.17, 15) is 9.59 Å². The Morgan fingerprint density at radius 3 is 2.68 bits per heavy atom. The summed E-state index contributed by atoms with van der Waals surface area (Å²) in [6.45, 7) is 3.37. The number of carbonyl (C=O) groups is 2. The summed E-state index contributed by atoms with van der Waals surface area (Å²) in [5.41, 5.74) is 0. The minimum Gasteiger partial charge on any atom is -0.466 e. The van der Waals surface area contributed by atoms with Gasteiger partial charge in [0.25, 0.3) is 0 Å². The summed E-state index contributed by atoms with van der Waals surface area (Å²) < 4.78 is 15.4. The van der Waals surface area contributed by atoms with Crippen molar-refractivity contribution in [1.82, 2.24) is 0 Å². The van der Waals surface area contributed by atoms with E-state index >= 15 is 0 Å². The van der Waals surface area contributed by atoms with E-state index in [0.717, 1.165) is 38.7 Å². The van der Waals surface area contributed by atoms with Crippen molar-refractivity contribution in [3.63, 3.8) is 0 Å². The van der Waals surface area contributed by atoms with Gasteiger partial charge in [-0.15, -0.1) is 0 Å². The largest absolute Gasteiger partial charge is 0.466 e. The summed E-state index contributed by atoms with van der Waals surface area (Å²) in [6, 6.07) is 0. The van der Waals surface area contributed by atoms with Gasteiger partial charge in [0.1, 0.15) is 6.61 Å². The van der Waals surface area contributed by atoms with Crippen LogP contribution in [0.15, 0.2) is 0 Å². The highest BCUT2D eigenvalue weighted by molar-refractivity contribution is 5.69. The molecular weight excluding hydrogens is 248 g/mol. The number of hydrogen-bond donors (Lipinski definition) is 0. The predicted octanol–water partition coefficient (Wildman–Crippen LogP) is 2.22. The summed E-state index contributed by atoms with van der Waals surface area (Å²) in [4.78, 5) is 22.3. The molecule has 110 valence electrons. The predicted molar refractivity (Wildman–Crippen MR) is 69.7 cm³/mol. The van der Waals surface area contributed by atoms with Crippen molar-refractivity contribution in [2.45, 2.75) is 58.0 Å². The fraction of sp³-hybridized carbons (Fsp3) is 0.857. The van der Waals surface area contributed by atoms with Crippen molar-refractivity contribution in [2.75, 3.05) is 19.8 Å². The molecule has 1 rings (SSSR count). The van der Waals surface area contributed by atoms with Crippen LogP contribution in [-0.2, 0) is 23.8 Å². The summed E-state index contributed by atoms with van der Waals surface area (Å²) in [6.07, 6.45) is 5.40. The lowest BCUT2D eigenvalue weighted by Crippen LogP contribution is -2.17. The molecule has 1 heterocycles. The molecule has 1 unspecified atom stereocenters. The summed E-state index contributed by atoms with van der Waals surface area (Å²) in [5.74, 6) is -0.336. The highest BCUT2D eigenvalue weighted by Crippen LogP contribution is 2.12. The van der Waals surface area contributed by atoms with Crippen molar-refractivity contribution in [3.05, 3.63) is 0 Å². The molecule has 19 heavy (non-hydrogen) atoms. The van der Waals surface area contributed by atoms with Crippen LogP contribution in [-0.4, -0.2) is 37.9 Å². The average Bonchev–Trinajstić information content (AvgIpc) is 2.93. The van der Waals surface area contributed by atoms with Crippen LogP contribution in [0.25, 0.3) is 0 Å². The number of hydrogen-bond acceptors (Lipinski definition) is 5. The third-order valence-corrected chi connectivity index (χ3v) is 3.03. The van der Waals surface area contributed by atoms with Gasteiger partial charge >= 0.3 is 11.9 Å². The standard InChI is InChI=1S/C14H24O5/c1-2-13(15)18-9-5-3-4-8-14(16)19-11-12-7-6-10-17-12/h12H,2-11H2,1H3. The lowest BCUT2D eigenvalue weighted by molar-refractivity contribution is -0.147. The van der Waals surface area contributed by atoms with Gasteiger partial charge in [-0.1, -0.05) is 6.92 Å². The van der Waals surface area contributed by atoms with Crippen molar-refractivity contribution in [3.8, 4) is 0 Å². The Labute approximate surface area is 114 Å². The third-order valence-electron chi connectivity index (χ3n) is 3.03. The molecule has 1 saturated heterocycles. The lowest BCUT2D eigenvalue weighted by atomic mass is 10.2. The highest BCUT2D eigenvalue weighted by Gasteiger charge is 2.17. The number of esters is 2. The molecule has 0 spiro atoms. The molecule has 0 aromatic heterocycles. The van der Waals surface area contributed by atoms with Crippen LogP contribution in [0.5, 0.6) is 0 Å². The number of unbranched alkanes of at least 4 members (excludes halogenated alkanes) is 2. The second-order valence-corrected chi connectivity index (χ2v) is 4.70. The molecule has 0 radical (unpaired) electrons. The SMILES string of the molecule is CCC(=O)OCCCCCC(=O)OCC1CCCO1. The second-order valence-electron chi connectivity index (χ2n) is 4.70. The van der Waals surface area contributed by atoms with Crippen molar-refractivity contribution < 1.29 is 23.8 Å². The van der Waals surface area contributed by atoms with Crippen molar-refractivity contribution in [2.24, 2.45) is 0 Å². The molecule has 5 nitrogen and oxygen atoms in total. The Hall–Kier alpha value is -1.10. The van der Waals surface area contributed by atoms with Crippen LogP contribution in [0, 0.1) is 0 Å². The van der Waals surface area contributed by atoms with Gasteiger partial charge in [0.15, 0.2) is 0 Å². The first-order valence-electron chi connectivity index (χ1n) is 7.15. The Morgan fingerprint density at radius 1 is 1.16 bits per heavy atom. The molecule has 1 fully saturated rings. The van der Waals surface area contributed by atoms with Crippen LogP contribution in [0.1, 0.15) is 51.9 Å². The monoisotopic (exact) mass is 272 g/mol. The maximum Gasteiger partial charge on any atom is 0.305 e. The molecule has 0 aliphatic carbocycles. The summed E-state index contributed by atoms with van der Waals surface area (Å²) in [5, 5.41) is 0. The van der Waals surface area contributed by atoms with Crippen molar-refractivity contribution in [1.29, 1.82) is 0 Å². The highest BCUT2D eigenvalue weighted by atomic mass is 16.6. The Morgan fingerprint density at radius 2 is 2.00 bits per heavy atom. The van der Waals surface area contributed by atoms with E-state index in [4.69, 9.17) is 14.2 Å². The van der Waals surface area contributed by atoms with E-state index in [1.165, 1.54) is 0 Å². The van der Waals surface area contributed by atoms with Crippen LogP contribution in [0.4, 0.5) is 0 Å². The molecule has 1 aliphatic heterocycles. The molecule has 1 atom stereocenters. The Bertz CT molecular complexity index is 271. The lowest BCUT2D eigenvalue weighted by Gasteiger charge is -2.10. The first-order valence-corrected chi connectivity index (χ1v) is 7.15. The van der Waals surface area contributed by atoms with E-state index in [1.807, 2.05) is 0 Å². The van der Waals surface area contributed by atoms with Crippen LogP contribution in [0.3, 0.4) is 0 Å². The van der Waals surface area contributed by atoms with Gasteiger partial charge in [-0.25, -0.2) is 0 Å². The fourth-order valence-electron chi connectivity index (χ4n) is 1.87. The van der Waals surface area contributed by atoms with Gasteiger partial charge in [0.2, 0.25) is 0 Å². The van der Waals surface area contributed by atoms with E-state index in [0.29, 0.717) is 26.1 Å². The Balaban J connectivity index is 1.88. The molecule has 0 bridgehead atoms. The first kappa shape index (κ1) is 16.0.